The first kappa shape index (κ1) is 15.2. The molecule has 0 atom stereocenters. The smallest absolute Gasteiger partial charge is 0.288 e. The molecule has 8 heteroatoms. The van der Waals surface area contributed by atoms with Crippen LogP contribution in [0.1, 0.15) is 42.5 Å². The van der Waals surface area contributed by atoms with Gasteiger partial charge in [0.15, 0.2) is 0 Å². The number of nitrogens with zero attached hydrogens (tertiary/aromatic N) is 2. The van der Waals surface area contributed by atoms with Gasteiger partial charge in [-0.05, 0) is 12.8 Å². The number of hydrogen-bond donors (Lipinski definition) is 2. The minimum absolute atomic E-state index is 0.0106. The Labute approximate surface area is 121 Å². The Balaban J connectivity index is 2.15. The second-order valence-electron chi connectivity index (χ2n) is 5.38. The Bertz CT molecular complexity index is 555. The number of carbonyl (C=O) groups is 1. The average molecular weight is 294 g/mol. The first-order chi connectivity index (χ1) is 9.91. The van der Waals surface area contributed by atoms with Crippen molar-refractivity contribution in [3.05, 3.63) is 27.9 Å². The van der Waals surface area contributed by atoms with Crippen LogP contribution >= 0.6 is 0 Å². The summed E-state index contributed by atoms with van der Waals surface area (Å²) in [6.45, 7) is 0.206. The van der Waals surface area contributed by atoms with Gasteiger partial charge in [-0.25, -0.2) is 4.98 Å². The van der Waals surface area contributed by atoms with Gasteiger partial charge in [-0.15, -0.1) is 0 Å². The highest BCUT2D eigenvalue weighted by atomic mass is 16.6. The van der Waals surface area contributed by atoms with E-state index >= 15 is 0 Å². The van der Waals surface area contributed by atoms with E-state index in [1.807, 2.05) is 0 Å². The first-order valence-electron chi connectivity index (χ1n) is 6.77. The Morgan fingerprint density at radius 1 is 1.43 bits per heavy atom. The number of amides is 1. The molecular formula is C13H18N4O4. The molecule has 0 radical (unpaired) electrons. The van der Waals surface area contributed by atoms with Crippen molar-refractivity contribution >= 4 is 11.6 Å². The molecule has 1 saturated carbocycles. The molecule has 114 valence electrons. The largest absolute Gasteiger partial charge is 0.475 e. The van der Waals surface area contributed by atoms with Crippen molar-refractivity contribution in [2.45, 2.75) is 37.6 Å². The van der Waals surface area contributed by atoms with Crippen molar-refractivity contribution in [1.29, 1.82) is 0 Å². The van der Waals surface area contributed by atoms with Crippen LogP contribution in [0.15, 0.2) is 12.3 Å². The summed E-state index contributed by atoms with van der Waals surface area (Å²) in [7, 11) is 0. The van der Waals surface area contributed by atoms with Gasteiger partial charge < -0.3 is 16.2 Å². The van der Waals surface area contributed by atoms with Crippen molar-refractivity contribution in [2.75, 3.05) is 6.61 Å². The number of pyridine rings is 1. The monoisotopic (exact) mass is 294 g/mol. The molecule has 0 aliphatic heterocycles. The number of primary amides is 1. The van der Waals surface area contributed by atoms with Crippen LogP contribution in [0, 0.1) is 10.1 Å². The quantitative estimate of drug-likeness (QED) is 0.617. The van der Waals surface area contributed by atoms with Crippen molar-refractivity contribution in [3.8, 4) is 5.88 Å². The van der Waals surface area contributed by atoms with Crippen LogP contribution in [0.2, 0.25) is 0 Å². The van der Waals surface area contributed by atoms with Gasteiger partial charge in [0.2, 0.25) is 5.88 Å². The topological polar surface area (TPSA) is 134 Å². The first-order valence-corrected chi connectivity index (χ1v) is 6.77. The average Bonchev–Trinajstić information content (AvgIpc) is 2.45. The zero-order valence-corrected chi connectivity index (χ0v) is 11.6. The summed E-state index contributed by atoms with van der Waals surface area (Å²) in [6, 6.07) is 1.06. The minimum atomic E-state index is -0.823. The van der Waals surface area contributed by atoms with Crippen molar-refractivity contribution in [2.24, 2.45) is 11.5 Å². The Morgan fingerprint density at radius 2 is 2.10 bits per heavy atom. The van der Waals surface area contributed by atoms with E-state index in [0.29, 0.717) is 0 Å². The number of carbonyl (C=O) groups excluding carboxylic acids is 1. The summed E-state index contributed by atoms with van der Waals surface area (Å²) in [5.74, 6) is -0.834. The summed E-state index contributed by atoms with van der Waals surface area (Å²) < 4.78 is 5.52. The highest BCUT2D eigenvalue weighted by Crippen LogP contribution is 2.27. The Kier molecular flexibility index (Phi) is 4.37. The van der Waals surface area contributed by atoms with Gasteiger partial charge in [0.25, 0.3) is 11.6 Å². The molecule has 21 heavy (non-hydrogen) atoms. The molecule has 1 aromatic heterocycles. The van der Waals surface area contributed by atoms with E-state index in [9.17, 15) is 14.9 Å². The molecule has 0 unspecified atom stereocenters. The lowest BCUT2D eigenvalue weighted by Gasteiger charge is -2.32. The third-order valence-electron chi connectivity index (χ3n) is 3.66. The van der Waals surface area contributed by atoms with E-state index < -0.39 is 16.4 Å². The van der Waals surface area contributed by atoms with Gasteiger partial charge >= 0.3 is 0 Å². The molecule has 1 aliphatic carbocycles. The van der Waals surface area contributed by atoms with Crippen LogP contribution in [-0.4, -0.2) is 28.0 Å². The second kappa shape index (κ2) is 6.04. The van der Waals surface area contributed by atoms with E-state index in [0.717, 1.165) is 44.4 Å². The van der Waals surface area contributed by atoms with Crippen LogP contribution < -0.4 is 16.2 Å². The molecule has 1 fully saturated rings. The van der Waals surface area contributed by atoms with Gasteiger partial charge in [-0.2, -0.15) is 0 Å². The summed E-state index contributed by atoms with van der Waals surface area (Å²) in [4.78, 5) is 25.2. The number of hydrogen-bond acceptors (Lipinski definition) is 6. The van der Waals surface area contributed by atoms with E-state index in [4.69, 9.17) is 16.2 Å². The number of aromatic nitrogens is 1. The van der Waals surface area contributed by atoms with Crippen molar-refractivity contribution in [3.63, 3.8) is 0 Å². The van der Waals surface area contributed by atoms with Crippen molar-refractivity contribution < 1.29 is 14.5 Å². The summed E-state index contributed by atoms with van der Waals surface area (Å²) in [5, 5.41) is 10.7. The maximum atomic E-state index is 11.4. The fraction of sp³-hybridized carbons (Fsp3) is 0.538. The minimum Gasteiger partial charge on any atom is -0.475 e. The Hall–Kier alpha value is -2.22. The fourth-order valence-electron chi connectivity index (χ4n) is 2.44. The van der Waals surface area contributed by atoms with Gasteiger partial charge in [0.1, 0.15) is 18.4 Å². The molecule has 0 bridgehead atoms. The predicted octanol–water partition coefficient (Wildman–Crippen LogP) is 1.13. The van der Waals surface area contributed by atoms with Crippen LogP contribution in [0.3, 0.4) is 0 Å². The summed E-state index contributed by atoms with van der Waals surface area (Å²) >= 11 is 0. The molecule has 1 aromatic rings. The third kappa shape index (κ3) is 3.66. The SMILES string of the molecule is NC(=O)c1cc([N+](=O)[O-])cnc1OCC1(N)CCCCC1. The van der Waals surface area contributed by atoms with E-state index in [1.54, 1.807) is 0 Å². The van der Waals surface area contributed by atoms with Gasteiger partial charge in [-0.1, -0.05) is 19.3 Å². The van der Waals surface area contributed by atoms with E-state index in [-0.39, 0.29) is 23.7 Å². The number of nitrogens with two attached hydrogens (primary N) is 2. The maximum absolute atomic E-state index is 11.4. The molecule has 1 aliphatic rings. The lowest BCUT2D eigenvalue weighted by molar-refractivity contribution is -0.385. The maximum Gasteiger partial charge on any atom is 0.288 e. The normalized spacial score (nSPS) is 17.2. The van der Waals surface area contributed by atoms with E-state index in [1.165, 1.54) is 0 Å². The molecular weight excluding hydrogens is 276 g/mol. The zero-order valence-electron chi connectivity index (χ0n) is 11.6. The molecule has 0 aromatic carbocycles. The number of rotatable bonds is 5. The lowest BCUT2D eigenvalue weighted by atomic mass is 9.83. The van der Waals surface area contributed by atoms with E-state index in [2.05, 4.69) is 4.98 Å². The molecule has 4 N–H and O–H groups in total. The van der Waals surface area contributed by atoms with Gasteiger partial charge in [-0.3, -0.25) is 14.9 Å². The highest BCUT2D eigenvalue weighted by molar-refractivity contribution is 5.95. The second-order valence-corrected chi connectivity index (χ2v) is 5.38. The predicted molar refractivity (Wildman–Crippen MR) is 74.9 cm³/mol. The standard InChI is InChI=1S/C13H18N4O4/c14-11(18)10-6-9(17(19)20)7-16-12(10)21-8-13(15)4-2-1-3-5-13/h6-7H,1-5,8,15H2,(H2,14,18). The summed E-state index contributed by atoms with van der Waals surface area (Å²) in [6.07, 6.45) is 5.94. The molecule has 2 rings (SSSR count). The zero-order chi connectivity index (χ0) is 15.5. The van der Waals surface area contributed by atoms with Gasteiger partial charge in [0, 0.05) is 6.07 Å². The molecule has 8 nitrogen and oxygen atoms in total. The number of ether oxygens (including phenoxy) is 1. The molecule has 0 spiro atoms. The Morgan fingerprint density at radius 3 is 2.67 bits per heavy atom. The molecule has 1 heterocycles. The fourth-order valence-corrected chi connectivity index (χ4v) is 2.44. The van der Waals surface area contributed by atoms with Crippen LogP contribution in [0.4, 0.5) is 5.69 Å². The molecule has 0 saturated heterocycles. The lowest BCUT2D eigenvalue weighted by Crippen LogP contribution is -2.47. The van der Waals surface area contributed by atoms with Gasteiger partial charge in [0.05, 0.1) is 10.5 Å². The summed E-state index contributed by atoms with van der Waals surface area (Å²) in [5.41, 5.74) is 10.6. The van der Waals surface area contributed by atoms with Crippen LogP contribution in [0.25, 0.3) is 0 Å². The third-order valence-corrected chi connectivity index (χ3v) is 3.66. The number of nitro groups is 1. The van der Waals surface area contributed by atoms with Crippen LogP contribution in [-0.2, 0) is 0 Å². The molecule has 1 amide bonds. The highest BCUT2D eigenvalue weighted by Gasteiger charge is 2.29. The van der Waals surface area contributed by atoms with Crippen molar-refractivity contribution in [1.82, 2.24) is 4.98 Å². The van der Waals surface area contributed by atoms with Crippen LogP contribution in [0.5, 0.6) is 5.88 Å².